The second-order valence-electron chi connectivity index (χ2n) is 8.20. The summed E-state index contributed by atoms with van der Waals surface area (Å²) in [4.78, 5) is 0. The molecule has 0 unspecified atom stereocenters. The van der Waals surface area contributed by atoms with Gasteiger partial charge >= 0.3 is 0 Å². The quantitative estimate of drug-likeness (QED) is 0.746. The Morgan fingerprint density at radius 1 is 0.750 bits per heavy atom. The van der Waals surface area contributed by atoms with Crippen molar-refractivity contribution in [3.8, 4) is 0 Å². The SMILES string of the molecule is CC12CC3(C)CC(C)(C1)CC(CN)(C2)C3.Cl. The van der Waals surface area contributed by atoms with Gasteiger partial charge in [-0.2, -0.15) is 0 Å². The Hall–Kier alpha value is 0.250. The summed E-state index contributed by atoms with van der Waals surface area (Å²) in [6, 6.07) is 0. The molecule has 0 aliphatic heterocycles. The van der Waals surface area contributed by atoms with E-state index in [4.69, 9.17) is 5.73 Å². The standard InChI is InChI=1S/C14H25N.ClH/c1-11-4-12(2)6-13(3,5-11)9-14(7-11,8-12)10-15;/h4-10,15H2,1-3H3;1H. The summed E-state index contributed by atoms with van der Waals surface area (Å²) in [5.74, 6) is 0. The molecule has 94 valence electrons. The molecule has 2 N–H and O–H groups in total. The summed E-state index contributed by atoms with van der Waals surface area (Å²) in [6.07, 6.45) is 8.58. The Morgan fingerprint density at radius 2 is 1.06 bits per heavy atom. The lowest BCUT2D eigenvalue weighted by Gasteiger charge is -2.69. The normalized spacial score (nSPS) is 58.5. The molecule has 0 saturated heterocycles. The summed E-state index contributed by atoms with van der Waals surface area (Å²) >= 11 is 0. The smallest absolute Gasteiger partial charge is 0.00199 e. The van der Waals surface area contributed by atoms with E-state index >= 15 is 0 Å². The van der Waals surface area contributed by atoms with Gasteiger partial charge in [-0.1, -0.05) is 20.8 Å². The van der Waals surface area contributed by atoms with Crippen LogP contribution in [0.2, 0.25) is 0 Å². The summed E-state index contributed by atoms with van der Waals surface area (Å²) in [5.41, 5.74) is 8.44. The fourth-order valence-corrected chi connectivity index (χ4v) is 6.77. The first-order chi connectivity index (χ1) is 6.80. The van der Waals surface area contributed by atoms with Crippen LogP contribution in [0.4, 0.5) is 0 Å². The lowest BCUT2D eigenvalue weighted by atomic mass is 9.36. The zero-order chi connectivity index (χ0) is 10.9. The molecule has 4 saturated carbocycles. The molecule has 4 bridgehead atoms. The first-order valence-corrected chi connectivity index (χ1v) is 6.50. The topological polar surface area (TPSA) is 26.0 Å². The molecule has 0 aromatic heterocycles. The minimum absolute atomic E-state index is 0. The van der Waals surface area contributed by atoms with E-state index < -0.39 is 0 Å². The minimum Gasteiger partial charge on any atom is -0.330 e. The molecule has 1 nitrogen and oxygen atoms in total. The van der Waals surface area contributed by atoms with E-state index in [2.05, 4.69) is 20.8 Å². The van der Waals surface area contributed by atoms with Crippen molar-refractivity contribution in [2.75, 3.05) is 6.54 Å². The van der Waals surface area contributed by atoms with E-state index in [9.17, 15) is 0 Å². The van der Waals surface area contributed by atoms with Crippen LogP contribution in [-0.4, -0.2) is 6.54 Å². The Morgan fingerprint density at radius 3 is 1.31 bits per heavy atom. The van der Waals surface area contributed by atoms with Crippen LogP contribution in [0.5, 0.6) is 0 Å². The number of hydrogen-bond acceptors (Lipinski definition) is 1. The van der Waals surface area contributed by atoms with E-state index in [-0.39, 0.29) is 12.4 Å². The van der Waals surface area contributed by atoms with Gasteiger partial charge in [0.2, 0.25) is 0 Å². The summed E-state index contributed by atoms with van der Waals surface area (Å²) < 4.78 is 0. The highest BCUT2D eigenvalue weighted by atomic mass is 35.5. The van der Waals surface area contributed by atoms with Crippen LogP contribution in [0.3, 0.4) is 0 Å². The lowest BCUT2D eigenvalue weighted by Crippen LogP contribution is -2.60. The zero-order valence-corrected chi connectivity index (χ0v) is 11.8. The van der Waals surface area contributed by atoms with Crippen LogP contribution in [0.25, 0.3) is 0 Å². The number of rotatable bonds is 1. The monoisotopic (exact) mass is 243 g/mol. The molecule has 16 heavy (non-hydrogen) atoms. The van der Waals surface area contributed by atoms with Gasteiger partial charge in [-0.15, -0.1) is 12.4 Å². The highest BCUT2D eigenvalue weighted by Crippen LogP contribution is 2.73. The maximum absolute atomic E-state index is 6.10. The number of nitrogens with two attached hydrogens (primary N) is 1. The third kappa shape index (κ3) is 1.62. The maximum Gasteiger partial charge on any atom is -0.00199 e. The average molecular weight is 244 g/mol. The van der Waals surface area contributed by atoms with E-state index in [1.807, 2.05) is 0 Å². The highest BCUT2D eigenvalue weighted by Gasteiger charge is 2.63. The molecule has 2 heteroatoms. The zero-order valence-electron chi connectivity index (χ0n) is 10.9. The van der Waals surface area contributed by atoms with E-state index in [0.717, 1.165) is 6.54 Å². The van der Waals surface area contributed by atoms with Gasteiger partial charge < -0.3 is 5.73 Å². The Bertz CT molecular complexity index is 258. The largest absolute Gasteiger partial charge is 0.330 e. The summed E-state index contributed by atoms with van der Waals surface area (Å²) in [5, 5.41) is 0. The van der Waals surface area contributed by atoms with Gasteiger partial charge in [0.05, 0.1) is 0 Å². The summed E-state index contributed by atoms with van der Waals surface area (Å²) in [6.45, 7) is 8.48. The van der Waals surface area contributed by atoms with Crippen molar-refractivity contribution in [1.82, 2.24) is 0 Å². The molecule has 0 spiro atoms. The van der Waals surface area contributed by atoms with Gasteiger partial charge in [-0.3, -0.25) is 0 Å². The molecule has 0 atom stereocenters. The van der Waals surface area contributed by atoms with Crippen molar-refractivity contribution in [1.29, 1.82) is 0 Å². The van der Waals surface area contributed by atoms with Crippen molar-refractivity contribution in [3.05, 3.63) is 0 Å². The number of hydrogen-bond donors (Lipinski definition) is 1. The van der Waals surface area contributed by atoms with Gasteiger partial charge in [-0.05, 0) is 66.7 Å². The van der Waals surface area contributed by atoms with Gasteiger partial charge in [0.15, 0.2) is 0 Å². The summed E-state index contributed by atoms with van der Waals surface area (Å²) in [7, 11) is 0. The first-order valence-electron chi connectivity index (χ1n) is 6.50. The molecule has 0 radical (unpaired) electrons. The van der Waals surface area contributed by atoms with E-state index in [1.54, 1.807) is 0 Å². The molecule has 0 heterocycles. The fourth-order valence-electron chi connectivity index (χ4n) is 6.77. The molecule has 4 fully saturated rings. The predicted octanol–water partition coefficient (Wildman–Crippen LogP) is 3.75. The average Bonchev–Trinajstić information content (AvgIpc) is 1.94. The predicted molar refractivity (Wildman–Crippen MR) is 70.8 cm³/mol. The molecule has 0 amide bonds. The van der Waals surface area contributed by atoms with Crippen LogP contribution < -0.4 is 5.73 Å². The molecule has 4 aliphatic carbocycles. The molecule has 4 aliphatic rings. The van der Waals surface area contributed by atoms with Crippen molar-refractivity contribution < 1.29 is 0 Å². The molecule has 0 aromatic carbocycles. The van der Waals surface area contributed by atoms with Crippen LogP contribution in [0.1, 0.15) is 59.3 Å². The van der Waals surface area contributed by atoms with Crippen LogP contribution in [-0.2, 0) is 0 Å². The maximum atomic E-state index is 6.10. The van der Waals surface area contributed by atoms with Gasteiger partial charge in [0.1, 0.15) is 0 Å². The van der Waals surface area contributed by atoms with Crippen LogP contribution >= 0.6 is 12.4 Å². The Kier molecular flexibility index (Phi) is 2.52. The van der Waals surface area contributed by atoms with Gasteiger partial charge in [0.25, 0.3) is 0 Å². The second-order valence-corrected chi connectivity index (χ2v) is 8.20. The Balaban J connectivity index is 0.000000963. The van der Waals surface area contributed by atoms with Crippen LogP contribution in [0.15, 0.2) is 0 Å². The lowest BCUT2D eigenvalue weighted by molar-refractivity contribution is -0.179. The third-order valence-corrected chi connectivity index (χ3v) is 5.40. The van der Waals surface area contributed by atoms with Gasteiger partial charge in [-0.25, -0.2) is 0 Å². The van der Waals surface area contributed by atoms with Crippen LogP contribution in [0, 0.1) is 21.7 Å². The minimum atomic E-state index is 0. The van der Waals surface area contributed by atoms with Gasteiger partial charge in [0, 0.05) is 0 Å². The van der Waals surface area contributed by atoms with Crippen molar-refractivity contribution in [3.63, 3.8) is 0 Å². The Labute approximate surface area is 106 Å². The molecule has 4 rings (SSSR count). The highest BCUT2D eigenvalue weighted by molar-refractivity contribution is 5.85. The fraction of sp³-hybridized carbons (Fsp3) is 1.00. The second kappa shape index (κ2) is 3.17. The number of halogens is 1. The van der Waals surface area contributed by atoms with Crippen molar-refractivity contribution >= 4 is 12.4 Å². The van der Waals surface area contributed by atoms with Crippen molar-refractivity contribution in [2.45, 2.75) is 59.3 Å². The molecule has 0 aromatic rings. The first kappa shape index (κ1) is 12.7. The molecular weight excluding hydrogens is 218 g/mol. The van der Waals surface area contributed by atoms with Crippen molar-refractivity contribution in [2.24, 2.45) is 27.4 Å². The van der Waals surface area contributed by atoms with E-state index in [1.165, 1.54) is 38.5 Å². The molecular formula is C14H26ClN. The third-order valence-electron chi connectivity index (χ3n) is 5.40. The van der Waals surface area contributed by atoms with E-state index in [0.29, 0.717) is 21.7 Å².